The van der Waals surface area contributed by atoms with E-state index < -0.39 is 0 Å². The first-order valence-corrected chi connectivity index (χ1v) is 5.81. The van der Waals surface area contributed by atoms with Crippen LogP contribution in [0.2, 0.25) is 0 Å². The third-order valence-electron chi connectivity index (χ3n) is 2.33. The summed E-state index contributed by atoms with van der Waals surface area (Å²) in [5.74, 6) is 0.555. The number of benzene rings is 1. The summed E-state index contributed by atoms with van der Waals surface area (Å²) in [6.45, 7) is 0.598. The number of fused-ring (bicyclic) bond motifs is 1. The van der Waals surface area contributed by atoms with Gasteiger partial charge < -0.3 is 14.9 Å². The van der Waals surface area contributed by atoms with E-state index in [0.717, 1.165) is 15.6 Å². The Kier molecular flexibility index (Phi) is 3.58. The minimum Gasteiger partial charge on any atom is -0.438 e. The number of halogens is 1. The summed E-state index contributed by atoms with van der Waals surface area (Å²) < 4.78 is 11.5. The number of para-hydroxylation sites is 1. The standard InChI is InChI=1S/C11H13BrN2O2/c1-15-6-5-8(13)11-14-9-4-2-3-7(12)10(9)16-11/h2-4,8H,5-6,13H2,1H3. The van der Waals surface area contributed by atoms with E-state index in [1.54, 1.807) is 7.11 Å². The van der Waals surface area contributed by atoms with E-state index in [1.165, 1.54) is 0 Å². The Morgan fingerprint density at radius 2 is 2.38 bits per heavy atom. The van der Waals surface area contributed by atoms with Crippen molar-refractivity contribution in [3.63, 3.8) is 0 Å². The first-order valence-electron chi connectivity index (χ1n) is 5.02. The van der Waals surface area contributed by atoms with Gasteiger partial charge in [0.1, 0.15) is 5.52 Å². The second kappa shape index (κ2) is 4.95. The third-order valence-corrected chi connectivity index (χ3v) is 2.96. The molecule has 2 N–H and O–H groups in total. The number of ether oxygens (including phenoxy) is 1. The highest BCUT2D eigenvalue weighted by molar-refractivity contribution is 9.10. The van der Waals surface area contributed by atoms with Gasteiger partial charge in [-0.3, -0.25) is 0 Å². The Morgan fingerprint density at radius 3 is 3.06 bits per heavy atom. The van der Waals surface area contributed by atoms with Gasteiger partial charge >= 0.3 is 0 Å². The Bertz CT molecular complexity index is 484. The topological polar surface area (TPSA) is 61.3 Å². The maximum Gasteiger partial charge on any atom is 0.212 e. The van der Waals surface area contributed by atoms with Crippen LogP contribution in [-0.2, 0) is 4.74 Å². The average Bonchev–Trinajstić information content (AvgIpc) is 2.71. The molecule has 1 unspecified atom stereocenters. The Morgan fingerprint density at radius 1 is 1.56 bits per heavy atom. The van der Waals surface area contributed by atoms with Gasteiger partial charge in [-0.05, 0) is 34.5 Å². The number of aromatic nitrogens is 1. The van der Waals surface area contributed by atoms with Gasteiger partial charge in [-0.1, -0.05) is 6.07 Å². The van der Waals surface area contributed by atoms with Crippen molar-refractivity contribution in [1.82, 2.24) is 4.98 Å². The second-order valence-electron chi connectivity index (χ2n) is 3.53. The Hall–Kier alpha value is -0.910. The van der Waals surface area contributed by atoms with E-state index in [-0.39, 0.29) is 6.04 Å². The molecule has 0 spiro atoms. The van der Waals surface area contributed by atoms with Crippen molar-refractivity contribution in [3.05, 3.63) is 28.6 Å². The minimum absolute atomic E-state index is 0.223. The van der Waals surface area contributed by atoms with Crippen molar-refractivity contribution >= 4 is 27.0 Å². The van der Waals surface area contributed by atoms with Crippen molar-refractivity contribution in [2.75, 3.05) is 13.7 Å². The highest BCUT2D eigenvalue weighted by Gasteiger charge is 2.14. The molecule has 0 saturated heterocycles. The van der Waals surface area contributed by atoms with Crippen LogP contribution in [0.15, 0.2) is 27.1 Å². The number of hydrogen-bond donors (Lipinski definition) is 1. The molecule has 0 aliphatic carbocycles. The summed E-state index contributed by atoms with van der Waals surface area (Å²) in [5, 5.41) is 0. The molecule has 0 aliphatic heterocycles. The van der Waals surface area contributed by atoms with E-state index in [4.69, 9.17) is 14.9 Å². The lowest BCUT2D eigenvalue weighted by Gasteiger charge is -2.05. The molecule has 4 nitrogen and oxygen atoms in total. The number of hydrogen-bond acceptors (Lipinski definition) is 4. The van der Waals surface area contributed by atoms with Crippen molar-refractivity contribution in [2.24, 2.45) is 5.73 Å². The maximum atomic E-state index is 5.94. The monoisotopic (exact) mass is 284 g/mol. The van der Waals surface area contributed by atoms with Crippen LogP contribution < -0.4 is 5.73 Å². The lowest BCUT2D eigenvalue weighted by atomic mass is 10.2. The van der Waals surface area contributed by atoms with E-state index in [1.807, 2.05) is 18.2 Å². The normalized spacial score (nSPS) is 13.2. The van der Waals surface area contributed by atoms with E-state index in [2.05, 4.69) is 20.9 Å². The van der Waals surface area contributed by atoms with Crippen LogP contribution in [0.1, 0.15) is 18.4 Å². The zero-order valence-corrected chi connectivity index (χ0v) is 10.5. The fourth-order valence-corrected chi connectivity index (χ4v) is 1.90. The summed E-state index contributed by atoms with van der Waals surface area (Å²) in [7, 11) is 1.65. The largest absolute Gasteiger partial charge is 0.438 e. The molecule has 86 valence electrons. The molecule has 0 saturated carbocycles. The molecule has 0 amide bonds. The van der Waals surface area contributed by atoms with Gasteiger partial charge in [0.05, 0.1) is 10.5 Å². The fourth-order valence-electron chi connectivity index (χ4n) is 1.46. The van der Waals surface area contributed by atoms with Gasteiger partial charge in [-0.15, -0.1) is 0 Å². The molecular weight excluding hydrogens is 272 g/mol. The summed E-state index contributed by atoms with van der Waals surface area (Å²) in [6, 6.07) is 5.51. The molecule has 1 heterocycles. The van der Waals surface area contributed by atoms with Gasteiger partial charge in [0.25, 0.3) is 0 Å². The van der Waals surface area contributed by atoms with Crippen molar-refractivity contribution in [3.8, 4) is 0 Å². The van der Waals surface area contributed by atoms with Gasteiger partial charge in [0, 0.05) is 13.7 Å². The van der Waals surface area contributed by atoms with Gasteiger partial charge in [0.2, 0.25) is 5.89 Å². The van der Waals surface area contributed by atoms with Crippen molar-refractivity contribution in [2.45, 2.75) is 12.5 Å². The predicted octanol–water partition coefficient (Wildman–Crippen LogP) is 2.63. The molecule has 2 aromatic rings. The van der Waals surface area contributed by atoms with E-state index in [0.29, 0.717) is 18.9 Å². The highest BCUT2D eigenvalue weighted by Crippen LogP contribution is 2.26. The lowest BCUT2D eigenvalue weighted by Crippen LogP contribution is -2.12. The number of oxazole rings is 1. The number of rotatable bonds is 4. The first-order chi connectivity index (χ1) is 7.72. The molecular formula is C11H13BrN2O2. The molecule has 16 heavy (non-hydrogen) atoms. The van der Waals surface area contributed by atoms with Gasteiger partial charge in [0.15, 0.2) is 5.58 Å². The minimum atomic E-state index is -0.223. The summed E-state index contributed by atoms with van der Waals surface area (Å²) in [6.07, 6.45) is 0.695. The Labute approximate surface area is 102 Å². The molecule has 1 atom stereocenters. The van der Waals surface area contributed by atoms with Crippen LogP contribution in [0.25, 0.3) is 11.1 Å². The van der Waals surface area contributed by atoms with E-state index >= 15 is 0 Å². The van der Waals surface area contributed by atoms with Crippen LogP contribution in [0.5, 0.6) is 0 Å². The molecule has 0 aliphatic rings. The number of methoxy groups -OCH3 is 1. The predicted molar refractivity (Wildman–Crippen MR) is 65.1 cm³/mol. The smallest absolute Gasteiger partial charge is 0.212 e. The zero-order valence-electron chi connectivity index (χ0n) is 8.94. The molecule has 1 aromatic carbocycles. The molecule has 0 bridgehead atoms. The lowest BCUT2D eigenvalue weighted by molar-refractivity contribution is 0.184. The summed E-state index contributed by atoms with van der Waals surface area (Å²) in [5.41, 5.74) is 7.50. The number of nitrogens with zero attached hydrogens (tertiary/aromatic N) is 1. The zero-order chi connectivity index (χ0) is 11.5. The van der Waals surface area contributed by atoms with Crippen LogP contribution in [0.3, 0.4) is 0 Å². The summed E-state index contributed by atoms with van der Waals surface area (Å²) >= 11 is 3.41. The molecule has 5 heteroatoms. The van der Waals surface area contributed by atoms with Gasteiger partial charge in [-0.2, -0.15) is 0 Å². The molecule has 2 rings (SSSR count). The maximum absolute atomic E-state index is 5.94. The third kappa shape index (κ3) is 2.26. The highest BCUT2D eigenvalue weighted by atomic mass is 79.9. The van der Waals surface area contributed by atoms with Crippen LogP contribution in [0.4, 0.5) is 0 Å². The first kappa shape index (κ1) is 11.6. The molecule has 0 fully saturated rings. The van der Waals surface area contributed by atoms with E-state index in [9.17, 15) is 0 Å². The quantitative estimate of drug-likeness (QED) is 0.938. The van der Waals surface area contributed by atoms with Gasteiger partial charge in [-0.25, -0.2) is 4.98 Å². The van der Waals surface area contributed by atoms with Crippen LogP contribution >= 0.6 is 15.9 Å². The number of nitrogens with two attached hydrogens (primary N) is 1. The second-order valence-corrected chi connectivity index (χ2v) is 4.38. The molecule has 1 aromatic heterocycles. The van der Waals surface area contributed by atoms with Crippen LogP contribution in [0, 0.1) is 0 Å². The average molecular weight is 285 g/mol. The van der Waals surface area contributed by atoms with Crippen LogP contribution in [-0.4, -0.2) is 18.7 Å². The molecule has 0 radical (unpaired) electrons. The van der Waals surface area contributed by atoms with Crippen molar-refractivity contribution in [1.29, 1.82) is 0 Å². The van der Waals surface area contributed by atoms with Crippen molar-refractivity contribution < 1.29 is 9.15 Å². The Balaban J connectivity index is 2.29. The SMILES string of the molecule is COCCC(N)c1nc2cccc(Br)c2o1. The summed E-state index contributed by atoms with van der Waals surface area (Å²) in [4.78, 5) is 4.35. The fraction of sp³-hybridized carbons (Fsp3) is 0.364.